The Bertz CT molecular complexity index is 951. The van der Waals surface area contributed by atoms with Gasteiger partial charge >= 0.3 is 0 Å². The van der Waals surface area contributed by atoms with Gasteiger partial charge in [0.2, 0.25) is 11.8 Å². The van der Waals surface area contributed by atoms with E-state index < -0.39 is 5.91 Å². The summed E-state index contributed by atoms with van der Waals surface area (Å²) in [6, 6.07) is 22.0. The first-order chi connectivity index (χ1) is 14.7. The molecule has 0 bridgehead atoms. The Kier molecular flexibility index (Phi) is 6.37. The van der Waals surface area contributed by atoms with Gasteiger partial charge in [0.05, 0.1) is 5.56 Å². The first kappa shape index (κ1) is 20.1. The van der Waals surface area contributed by atoms with E-state index in [0.717, 1.165) is 39.3 Å². The third-order valence-electron chi connectivity index (χ3n) is 5.29. The van der Waals surface area contributed by atoms with Crippen LogP contribution in [0, 0.1) is 0 Å². The van der Waals surface area contributed by atoms with E-state index in [1.165, 1.54) is 17.3 Å². The quantitative estimate of drug-likeness (QED) is 0.657. The molecule has 1 fully saturated rings. The lowest BCUT2D eigenvalue weighted by Crippen LogP contribution is -2.45. The van der Waals surface area contributed by atoms with Gasteiger partial charge in [-0.1, -0.05) is 42.5 Å². The highest BCUT2D eigenvalue weighted by Crippen LogP contribution is 2.21. The third kappa shape index (κ3) is 5.43. The van der Waals surface area contributed by atoms with Gasteiger partial charge in [-0.3, -0.25) is 14.6 Å². The number of carbonyl (C=O) groups excluding carboxylic acids is 1. The Labute approximate surface area is 176 Å². The summed E-state index contributed by atoms with van der Waals surface area (Å²) in [4.78, 5) is 20.2. The van der Waals surface area contributed by atoms with Gasteiger partial charge in [-0.05, 0) is 29.3 Å². The fraction of sp³-hybridized carbons (Fsp3) is 0.250. The number of hydrogen-bond donors (Lipinski definition) is 1. The van der Waals surface area contributed by atoms with Crippen LogP contribution in [0.4, 0.5) is 0 Å². The Morgan fingerprint density at radius 3 is 1.97 bits per heavy atom. The van der Waals surface area contributed by atoms with E-state index in [-0.39, 0.29) is 0 Å². The van der Waals surface area contributed by atoms with Crippen LogP contribution in [-0.2, 0) is 13.1 Å². The summed E-state index contributed by atoms with van der Waals surface area (Å²) in [7, 11) is 0. The third-order valence-corrected chi connectivity index (χ3v) is 5.29. The summed E-state index contributed by atoms with van der Waals surface area (Å²) in [6.45, 7) is 6.27. The summed E-state index contributed by atoms with van der Waals surface area (Å²) in [5.41, 5.74) is 8.22. The molecule has 1 aliphatic heterocycles. The van der Waals surface area contributed by atoms with Gasteiger partial charge in [0.1, 0.15) is 5.75 Å². The Hall–Kier alpha value is -3.22. The zero-order valence-corrected chi connectivity index (χ0v) is 16.9. The number of nitrogens with two attached hydrogens (primary N) is 1. The molecule has 0 aliphatic carbocycles. The summed E-state index contributed by atoms with van der Waals surface area (Å²) < 4.78 is 5.75. The number of amides is 1. The number of hydrogen-bond acceptors (Lipinski definition) is 5. The fourth-order valence-corrected chi connectivity index (χ4v) is 3.58. The number of benzene rings is 2. The van der Waals surface area contributed by atoms with E-state index in [1.54, 1.807) is 12.1 Å². The van der Waals surface area contributed by atoms with Crippen molar-refractivity contribution in [2.75, 3.05) is 26.2 Å². The van der Waals surface area contributed by atoms with Crippen LogP contribution in [0.5, 0.6) is 11.6 Å². The topological polar surface area (TPSA) is 71.7 Å². The maximum atomic E-state index is 11.1. The lowest BCUT2D eigenvalue weighted by Gasteiger charge is -2.34. The molecule has 1 aromatic heterocycles. The largest absolute Gasteiger partial charge is 0.439 e. The van der Waals surface area contributed by atoms with E-state index in [4.69, 9.17) is 10.5 Å². The number of pyridine rings is 1. The minimum Gasteiger partial charge on any atom is -0.439 e. The van der Waals surface area contributed by atoms with Crippen LogP contribution in [-0.4, -0.2) is 46.9 Å². The number of piperazine rings is 1. The van der Waals surface area contributed by atoms with E-state index in [2.05, 4.69) is 57.2 Å². The summed E-state index contributed by atoms with van der Waals surface area (Å²) in [6.07, 6.45) is 1.42. The molecule has 1 aliphatic rings. The van der Waals surface area contributed by atoms with Crippen molar-refractivity contribution in [1.82, 2.24) is 14.8 Å². The SMILES string of the molecule is NC(=O)c1ccc(Oc2ccc(CN3CCN(Cc4ccccc4)CC3)cc2)nc1. The van der Waals surface area contributed by atoms with Crippen molar-refractivity contribution < 1.29 is 9.53 Å². The van der Waals surface area contributed by atoms with Crippen LogP contribution < -0.4 is 10.5 Å². The lowest BCUT2D eigenvalue weighted by molar-refractivity contribution is 0.1000. The molecule has 30 heavy (non-hydrogen) atoms. The molecule has 0 radical (unpaired) electrons. The fourth-order valence-electron chi connectivity index (χ4n) is 3.58. The summed E-state index contributed by atoms with van der Waals surface area (Å²) >= 11 is 0. The molecule has 1 amide bonds. The van der Waals surface area contributed by atoms with Crippen LogP contribution >= 0.6 is 0 Å². The van der Waals surface area contributed by atoms with Gasteiger partial charge in [0.15, 0.2) is 0 Å². The van der Waals surface area contributed by atoms with E-state index >= 15 is 0 Å². The molecule has 154 valence electrons. The van der Waals surface area contributed by atoms with Crippen LogP contribution in [0.3, 0.4) is 0 Å². The molecule has 6 nitrogen and oxygen atoms in total. The molecule has 2 aromatic carbocycles. The summed E-state index contributed by atoms with van der Waals surface area (Å²) in [5.74, 6) is 0.646. The van der Waals surface area contributed by atoms with Crippen molar-refractivity contribution in [2.45, 2.75) is 13.1 Å². The second-order valence-electron chi connectivity index (χ2n) is 7.53. The molecule has 6 heteroatoms. The van der Waals surface area contributed by atoms with Crippen molar-refractivity contribution in [3.05, 3.63) is 89.6 Å². The van der Waals surface area contributed by atoms with Gasteiger partial charge in [0, 0.05) is 51.5 Å². The molecule has 0 saturated carbocycles. The van der Waals surface area contributed by atoms with Crippen molar-refractivity contribution in [3.63, 3.8) is 0 Å². The molecule has 3 aromatic rings. The van der Waals surface area contributed by atoms with Crippen molar-refractivity contribution in [2.24, 2.45) is 5.73 Å². The minimum absolute atomic E-state index is 0.363. The average molecular weight is 402 g/mol. The zero-order chi connectivity index (χ0) is 20.8. The maximum absolute atomic E-state index is 11.1. The Morgan fingerprint density at radius 1 is 0.833 bits per heavy atom. The molecule has 1 saturated heterocycles. The van der Waals surface area contributed by atoms with Crippen molar-refractivity contribution in [1.29, 1.82) is 0 Å². The Balaban J connectivity index is 1.25. The minimum atomic E-state index is -0.501. The monoisotopic (exact) mass is 402 g/mol. The maximum Gasteiger partial charge on any atom is 0.250 e. The molecule has 0 unspecified atom stereocenters. The van der Waals surface area contributed by atoms with Crippen molar-refractivity contribution >= 4 is 5.91 Å². The summed E-state index contributed by atoms with van der Waals surface area (Å²) in [5, 5.41) is 0. The second-order valence-corrected chi connectivity index (χ2v) is 7.53. The van der Waals surface area contributed by atoms with E-state index in [0.29, 0.717) is 17.2 Å². The standard InChI is InChI=1S/C24H26N4O2/c25-24(29)21-8-11-23(26-16-21)30-22-9-6-20(7-10-22)18-28-14-12-27(13-15-28)17-19-4-2-1-3-5-19/h1-11,16H,12-15,17-18H2,(H2,25,29). The highest BCUT2D eigenvalue weighted by Gasteiger charge is 2.17. The Morgan fingerprint density at radius 2 is 1.43 bits per heavy atom. The molecule has 0 spiro atoms. The number of rotatable bonds is 7. The first-order valence-electron chi connectivity index (χ1n) is 10.2. The molecule has 0 atom stereocenters. The highest BCUT2D eigenvalue weighted by atomic mass is 16.5. The zero-order valence-electron chi connectivity index (χ0n) is 16.9. The number of aromatic nitrogens is 1. The van der Waals surface area contributed by atoms with Gasteiger partial charge in [-0.2, -0.15) is 0 Å². The predicted octanol–water partition coefficient (Wildman–Crippen LogP) is 3.29. The number of carbonyl (C=O) groups is 1. The number of ether oxygens (including phenoxy) is 1. The van der Waals surface area contributed by atoms with Crippen molar-refractivity contribution in [3.8, 4) is 11.6 Å². The second kappa shape index (κ2) is 9.52. The molecule has 2 heterocycles. The highest BCUT2D eigenvalue weighted by molar-refractivity contribution is 5.92. The lowest BCUT2D eigenvalue weighted by atomic mass is 10.1. The molecular formula is C24H26N4O2. The molecule has 2 N–H and O–H groups in total. The van der Waals surface area contributed by atoms with Gasteiger partial charge < -0.3 is 10.5 Å². The first-order valence-corrected chi connectivity index (χ1v) is 10.2. The van der Waals surface area contributed by atoms with Gasteiger partial charge in [0.25, 0.3) is 0 Å². The molecular weight excluding hydrogens is 376 g/mol. The molecule has 4 rings (SSSR count). The van der Waals surface area contributed by atoms with E-state index in [9.17, 15) is 4.79 Å². The van der Waals surface area contributed by atoms with Gasteiger partial charge in [-0.15, -0.1) is 0 Å². The normalized spacial score (nSPS) is 15.1. The van der Waals surface area contributed by atoms with Crippen LogP contribution in [0.2, 0.25) is 0 Å². The van der Waals surface area contributed by atoms with Crippen LogP contribution in [0.1, 0.15) is 21.5 Å². The predicted molar refractivity (Wildman–Crippen MR) is 116 cm³/mol. The van der Waals surface area contributed by atoms with E-state index in [1.807, 2.05) is 12.1 Å². The average Bonchev–Trinajstić information content (AvgIpc) is 2.78. The van der Waals surface area contributed by atoms with Crippen LogP contribution in [0.25, 0.3) is 0 Å². The number of nitrogens with zero attached hydrogens (tertiary/aromatic N) is 3. The number of primary amides is 1. The van der Waals surface area contributed by atoms with Crippen LogP contribution in [0.15, 0.2) is 72.9 Å². The smallest absolute Gasteiger partial charge is 0.250 e. The van der Waals surface area contributed by atoms with Gasteiger partial charge in [-0.25, -0.2) is 4.98 Å².